The Balaban J connectivity index is 1.94. The molecule has 5 nitrogen and oxygen atoms in total. The predicted molar refractivity (Wildman–Crippen MR) is 81.2 cm³/mol. The molecule has 2 fully saturated rings. The molecule has 1 aromatic heterocycles. The maximum Gasteiger partial charge on any atom is 0.247 e. The highest BCUT2D eigenvalue weighted by atomic mass is 79.9. The molecule has 3 rings (SSSR count). The van der Waals surface area contributed by atoms with Crippen LogP contribution in [0.5, 0.6) is 0 Å². The zero-order valence-electron chi connectivity index (χ0n) is 11.8. The second kappa shape index (κ2) is 6.02. The van der Waals surface area contributed by atoms with Gasteiger partial charge >= 0.3 is 0 Å². The van der Waals surface area contributed by atoms with Crippen molar-refractivity contribution in [2.24, 2.45) is 5.92 Å². The summed E-state index contributed by atoms with van der Waals surface area (Å²) in [6, 6.07) is 1.54. The Morgan fingerprint density at radius 3 is 2.71 bits per heavy atom. The van der Waals surface area contributed by atoms with Gasteiger partial charge in [-0.05, 0) is 47.5 Å². The van der Waals surface area contributed by atoms with Gasteiger partial charge in [0.2, 0.25) is 10.0 Å². The molecule has 1 saturated carbocycles. The van der Waals surface area contributed by atoms with Crippen LogP contribution in [0.2, 0.25) is 0 Å². The van der Waals surface area contributed by atoms with Gasteiger partial charge in [0.25, 0.3) is 0 Å². The van der Waals surface area contributed by atoms with E-state index in [2.05, 4.69) is 15.9 Å². The molecule has 2 unspecified atom stereocenters. The molecule has 0 spiro atoms. The number of hydrogen-bond donors (Lipinski definition) is 1. The van der Waals surface area contributed by atoms with Crippen molar-refractivity contribution in [1.82, 2.24) is 4.31 Å². The zero-order valence-corrected chi connectivity index (χ0v) is 14.2. The van der Waals surface area contributed by atoms with E-state index in [1.807, 2.05) is 0 Å². The van der Waals surface area contributed by atoms with Crippen molar-refractivity contribution in [3.8, 4) is 0 Å². The number of rotatable bonds is 3. The van der Waals surface area contributed by atoms with E-state index < -0.39 is 10.0 Å². The second-order valence-electron chi connectivity index (χ2n) is 5.88. The summed E-state index contributed by atoms with van der Waals surface area (Å²) in [5, 5.41) is 9.12. The molecule has 118 valence electrons. The van der Waals surface area contributed by atoms with Gasteiger partial charge in [-0.2, -0.15) is 4.31 Å². The first kappa shape index (κ1) is 15.5. The van der Waals surface area contributed by atoms with E-state index in [9.17, 15) is 8.42 Å². The van der Waals surface area contributed by atoms with Crippen molar-refractivity contribution in [3.63, 3.8) is 0 Å². The maximum atomic E-state index is 12.9. The van der Waals surface area contributed by atoms with Crippen molar-refractivity contribution >= 4 is 26.0 Å². The van der Waals surface area contributed by atoms with Crippen LogP contribution in [0.1, 0.15) is 44.3 Å². The SMILES string of the molecule is O=S(=O)(c1cc(CO)oc1Br)N1CCCC2CCCCC21. The molecule has 21 heavy (non-hydrogen) atoms. The molecule has 2 aliphatic rings. The van der Waals surface area contributed by atoms with Crippen molar-refractivity contribution in [2.75, 3.05) is 6.54 Å². The molecular formula is C14H20BrNO4S. The average molecular weight is 378 g/mol. The third-order valence-electron chi connectivity index (χ3n) is 4.64. The lowest BCUT2D eigenvalue weighted by Crippen LogP contribution is -2.49. The fourth-order valence-corrected chi connectivity index (χ4v) is 6.37. The van der Waals surface area contributed by atoms with Gasteiger partial charge in [-0.25, -0.2) is 8.42 Å². The van der Waals surface area contributed by atoms with Crippen molar-refractivity contribution in [1.29, 1.82) is 0 Å². The second-order valence-corrected chi connectivity index (χ2v) is 8.46. The number of furan rings is 1. The van der Waals surface area contributed by atoms with Gasteiger partial charge in [0.15, 0.2) is 4.67 Å². The third-order valence-corrected chi connectivity index (χ3v) is 7.42. The lowest BCUT2D eigenvalue weighted by atomic mass is 9.79. The topological polar surface area (TPSA) is 70.8 Å². The molecular weight excluding hydrogens is 358 g/mol. The first-order valence-electron chi connectivity index (χ1n) is 7.45. The molecule has 2 heterocycles. The zero-order chi connectivity index (χ0) is 15.0. The van der Waals surface area contributed by atoms with Crippen LogP contribution in [0.3, 0.4) is 0 Å². The predicted octanol–water partition coefficient (Wildman–Crippen LogP) is 2.88. The van der Waals surface area contributed by atoms with E-state index in [4.69, 9.17) is 9.52 Å². The van der Waals surface area contributed by atoms with Crippen LogP contribution in [0.4, 0.5) is 0 Å². The Labute approximate surface area is 133 Å². The van der Waals surface area contributed by atoms with Crippen LogP contribution in [0, 0.1) is 5.92 Å². The van der Waals surface area contributed by atoms with Gasteiger partial charge in [-0.3, -0.25) is 0 Å². The van der Waals surface area contributed by atoms with Gasteiger partial charge in [0.1, 0.15) is 17.3 Å². The summed E-state index contributed by atoms with van der Waals surface area (Å²) in [6.07, 6.45) is 6.44. The summed E-state index contributed by atoms with van der Waals surface area (Å²) in [5.41, 5.74) is 0. The number of nitrogens with zero attached hydrogens (tertiary/aromatic N) is 1. The summed E-state index contributed by atoms with van der Waals surface area (Å²) >= 11 is 3.16. The van der Waals surface area contributed by atoms with Gasteiger partial charge < -0.3 is 9.52 Å². The number of aliphatic hydroxyl groups excluding tert-OH is 1. The third kappa shape index (κ3) is 2.81. The van der Waals surface area contributed by atoms with Crippen LogP contribution < -0.4 is 0 Å². The van der Waals surface area contributed by atoms with Crippen LogP contribution in [0.25, 0.3) is 0 Å². The minimum Gasteiger partial charge on any atom is -0.450 e. The van der Waals surface area contributed by atoms with E-state index in [0.29, 0.717) is 12.5 Å². The minimum atomic E-state index is -3.57. The fraction of sp³-hybridized carbons (Fsp3) is 0.714. The Bertz CT molecular complexity index is 610. The number of hydrogen-bond acceptors (Lipinski definition) is 4. The molecule has 0 aromatic carbocycles. The lowest BCUT2D eigenvalue weighted by molar-refractivity contribution is 0.129. The molecule has 0 radical (unpaired) electrons. The standard InChI is InChI=1S/C14H20BrNO4S/c15-14-13(8-11(9-17)20-14)21(18,19)16-7-3-5-10-4-1-2-6-12(10)16/h8,10,12,17H,1-7,9H2. The van der Waals surface area contributed by atoms with Crippen molar-refractivity contribution < 1.29 is 17.9 Å². The molecule has 0 amide bonds. The van der Waals surface area contributed by atoms with Crippen LogP contribution >= 0.6 is 15.9 Å². The monoisotopic (exact) mass is 377 g/mol. The van der Waals surface area contributed by atoms with E-state index >= 15 is 0 Å². The Morgan fingerprint density at radius 2 is 2.00 bits per heavy atom. The number of halogens is 1. The largest absolute Gasteiger partial charge is 0.450 e. The first-order chi connectivity index (χ1) is 10.0. The number of sulfonamides is 1. The van der Waals surface area contributed by atoms with Crippen LogP contribution in [-0.2, 0) is 16.6 Å². The van der Waals surface area contributed by atoms with E-state index in [0.717, 1.165) is 32.1 Å². The van der Waals surface area contributed by atoms with Gasteiger partial charge in [-0.15, -0.1) is 0 Å². The molecule has 0 bridgehead atoms. The number of fused-ring (bicyclic) bond motifs is 1. The van der Waals surface area contributed by atoms with E-state index in [-0.39, 0.29) is 28.0 Å². The van der Waals surface area contributed by atoms with E-state index in [1.165, 1.54) is 12.5 Å². The van der Waals surface area contributed by atoms with Gasteiger partial charge in [0.05, 0.1) is 0 Å². The highest BCUT2D eigenvalue weighted by Crippen LogP contribution is 2.39. The van der Waals surface area contributed by atoms with Crippen molar-refractivity contribution in [3.05, 3.63) is 16.5 Å². The van der Waals surface area contributed by atoms with Gasteiger partial charge in [-0.1, -0.05) is 12.8 Å². The highest BCUT2D eigenvalue weighted by molar-refractivity contribution is 9.10. The average Bonchev–Trinajstić information content (AvgIpc) is 2.88. The molecule has 7 heteroatoms. The molecule has 2 atom stereocenters. The van der Waals surface area contributed by atoms with E-state index in [1.54, 1.807) is 4.31 Å². The lowest BCUT2D eigenvalue weighted by Gasteiger charge is -2.42. The Kier molecular flexibility index (Phi) is 4.45. The van der Waals surface area contributed by atoms with Crippen molar-refractivity contribution in [2.45, 2.75) is 56.1 Å². The quantitative estimate of drug-likeness (QED) is 0.878. The number of aliphatic hydroxyl groups is 1. The summed E-state index contributed by atoms with van der Waals surface area (Å²) in [7, 11) is -3.57. The summed E-state index contributed by atoms with van der Waals surface area (Å²) in [4.78, 5) is 0.137. The molecule has 1 saturated heterocycles. The van der Waals surface area contributed by atoms with Crippen LogP contribution in [0.15, 0.2) is 20.0 Å². The Hall–Kier alpha value is -0.370. The molecule has 1 N–H and O–H groups in total. The molecule has 1 aromatic rings. The summed E-state index contributed by atoms with van der Waals surface area (Å²) in [5.74, 6) is 0.753. The maximum absolute atomic E-state index is 12.9. The summed E-state index contributed by atoms with van der Waals surface area (Å²) < 4.78 is 33.0. The summed E-state index contributed by atoms with van der Waals surface area (Å²) in [6.45, 7) is 0.274. The highest BCUT2D eigenvalue weighted by Gasteiger charge is 2.41. The Morgan fingerprint density at radius 1 is 1.29 bits per heavy atom. The van der Waals surface area contributed by atoms with Gasteiger partial charge in [0, 0.05) is 18.7 Å². The molecule has 1 aliphatic carbocycles. The smallest absolute Gasteiger partial charge is 0.247 e. The molecule has 1 aliphatic heterocycles. The first-order valence-corrected chi connectivity index (χ1v) is 9.68. The normalized spacial score (nSPS) is 27.5. The number of piperidine rings is 1. The fourth-order valence-electron chi connectivity index (χ4n) is 3.66. The minimum absolute atomic E-state index is 0.122. The van der Waals surface area contributed by atoms with Crippen LogP contribution in [-0.4, -0.2) is 30.4 Å².